The molecule has 0 aliphatic rings. The van der Waals surface area contributed by atoms with E-state index in [-0.39, 0.29) is 12.5 Å². The highest BCUT2D eigenvalue weighted by Crippen LogP contribution is 2.23. The van der Waals surface area contributed by atoms with Crippen molar-refractivity contribution < 1.29 is 14.3 Å². The number of ether oxygens (including phenoxy) is 2. The molecule has 1 aromatic carbocycles. The van der Waals surface area contributed by atoms with Crippen molar-refractivity contribution in [3.8, 4) is 5.75 Å². The molecule has 0 radical (unpaired) electrons. The van der Waals surface area contributed by atoms with Crippen LogP contribution in [0.2, 0.25) is 0 Å². The number of aryl methyl sites for hydroxylation is 1. The fourth-order valence-electron chi connectivity index (χ4n) is 2.76. The van der Waals surface area contributed by atoms with Gasteiger partial charge in [0.1, 0.15) is 12.4 Å². The Bertz CT molecular complexity index is 831. The number of aromatic nitrogens is 1. The van der Waals surface area contributed by atoms with Crippen LogP contribution in [0.1, 0.15) is 48.0 Å². The Labute approximate surface area is 160 Å². The molecule has 6 nitrogen and oxygen atoms in total. The Morgan fingerprint density at radius 2 is 2.04 bits per heavy atom. The molecule has 6 heteroatoms. The summed E-state index contributed by atoms with van der Waals surface area (Å²) in [5, 5.41) is 11.0. The minimum Gasteiger partial charge on any atom is -0.490 e. The zero-order chi connectivity index (χ0) is 20.0. The minimum absolute atomic E-state index is 0.198. The number of rotatable bonds is 8. The summed E-state index contributed by atoms with van der Waals surface area (Å²) in [5.41, 5.74) is 2.86. The Morgan fingerprint density at radius 3 is 2.70 bits per heavy atom. The highest BCUT2D eigenvalue weighted by atomic mass is 16.5. The van der Waals surface area contributed by atoms with Gasteiger partial charge < -0.3 is 20.2 Å². The Kier molecular flexibility index (Phi) is 6.69. The van der Waals surface area contributed by atoms with E-state index in [4.69, 9.17) is 14.9 Å². The maximum Gasteiger partial charge on any atom is 0.251 e. The second kappa shape index (κ2) is 8.77. The summed E-state index contributed by atoms with van der Waals surface area (Å²) in [5.74, 6) is 0.451. The van der Waals surface area contributed by atoms with E-state index in [1.54, 1.807) is 32.4 Å². The van der Waals surface area contributed by atoms with Gasteiger partial charge in [0.15, 0.2) is 0 Å². The maximum atomic E-state index is 12.6. The first-order valence-corrected chi connectivity index (χ1v) is 8.78. The number of carbonyl (C=O) groups excluding carboxylic acids is 1. The fraction of sp³-hybridized carbons (Fsp3) is 0.381. The number of methoxy groups -OCH3 is 1. The molecule has 0 saturated carbocycles. The lowest BCUT2D eigenvalue weighted by Gasteiger charge is -2.27. The van der Waals surface area contributed by atoms with Crippen molar-refractivity contribution in [3.05, 3.63) is 58.9 Å². The van der Waals surface area contributed by atoms with Gasteiger partial charge in [-0.1, -0.05) is 12.1 Å². The van der Waals surface area contributed by atoms with Crippen LogP contribution in [0.4, 0.5) is 0 Å². The summed E-state index contributed by atoms with van der Waals surface area (Å²) in [7, 11) is 1.59. The number of hydrogen-bond donors (Lipinski definition) is 2. The lowest BCUT2D eigenvalue weighted by Crippen LogP contribution is -2.48. The zero-order valence-electron chi connectivity index (χ0n) is 16.6. The van der Waals surface area contributed by atoms with E-state index in [9.17, 15) is 4.79 Å². The van der Waals surface area contributed by atoms with Crippen LogP contribution in [0, 0.1) is 12.3 Å². The Hall–Kier alpha value is -2.73. The van der Waals surface area contributed by atoms with Gasteiger partial charge in [-0.25, -0.2) is 0 Å². The van der Waals surface area contributed by atoms with E-state index in [1.807, 2.05) is 39.0 Å². The molecule has 0 aliphatic carbocycles. The molecule has 0 atom stereocenters. The van der Waals surface area contributed by atoms with E-state index in [0.29, 0.717) is 29.3 Å². The van der Waals surface area contributed by atoms with Crippen LogP contribution in [0.3, 0.4) is 0 Å². The van der Waals surface area contributed by atoms with Crippen LogP contribution >= 0.6 is 0 Å². The zero-order valence-corrected chi connectivity index (χ0v) is 16.6. The van der Waals surface area contributed by atoms with Crippen LogP contribution in [-0.4, -0.2) is 35.9 Å². The van der Waals surface area contributed by atoms with Gasteiger partial charge in [-0.15, -0.1) is 0 Å². The molecule has 2 aromatic rings. The monoisotopic (exact) mass is 369 g/mol. The van der Waals surface area contributed by atoms with E-state index in [2.05, 4.69) is 10.3 Å². The highest BCUT2D eigenvalue weighted by Gasteiger charge is 2.23. The van der Waals surface area contributed by atoms with Gasteiger partial charge >= 0.3 is 0 Å². The number of benzene rings is 1. The molecule has 1 aromatic heterocycles. The molecule has 0 unspecified atom stereocenters. The predicted octanol–water partition coefficient (Wildman–Crippen LogP) is 3.51. The average Bonchev–Trinajstić information content (AvgIpc) is 2.60. The molecule has 27 heavy (non-hydrogen) atoms. The summed E-state index contributed by atoms with van der Waals surface area (Å²) in [6, 6.07) is 9.08. The summed E-state index contributed by atoms with van der Waals surface area (Å²) in [4.78, 5) is 16.8. The van der Waals surface area contributed by atoms with E-state index >= 15 is 0 Å². The Morgan fingerprint density at radius 1 is 1.30 bits per heavy atom. The second-order valence-corrected chi connectivity index (χ2v) is 7.17. The maximum absolute atomic E-state index is 12.6. The fourth-order valence-corrected chi connectivity index (χ4v) is 2.76. The number of nitrogens with one attached hydrogen (secondary N) is 2. The topological polar surface area (TPSA) is 84.3 Å². The quantitative estimate of drug-likeness (QED) is 0.698. The third-order valence-electron chi connectivity index (χ3n) is 4.02. The van der Waals surface area contributed by atoms with Gasteiger partial charge in [-0.2, -0.15) is 0 Å². The van der Waals surface area contributed by atoms with E-state index < -0.39 is 5.54 Å². The standard InChI is InChI=1S/C21H27N3O3/c1-14-7-6-8-18(19(14)15(2)22)27-13-21(3,4)24-20(25)16-9-10-23-17(11-16)12-26-5/h6-11,22H,12-13H2,1-5H3,(H,24,25). The largest absolute Gasteiger partial charge is 0.490 e. The Balaban J connectivity index is 2.07. The van der Waals surface area contributed by atoms with Gasteiger partial charge in [0, 0.05) is 30.1 Å². The molecule has 2 N–H and O–H groups in total. The first-order valence-electron chi connectivity index (χ1n) is 8.78. The van der Waals surface area contributed by atoms with Crippen molar-refractivity contribution in [2.24, 2.45) is 0 Å². The van der Waals surface area contributed by atoms with Gasteiger partial charge in [0.05, 0.1) is 17.8 Å². The summed E-state index contributed by atoms with van der Waals surface area (Å²) < 4.78 is 11.0. The molecule has 0 aliphatic heterocycles. The summed E-state index contributed by atoms with van der Waals surface area (Å²) in [6.45, 7) is 8.12. The number of hydrogen-bond acceptors (Lipinski definition) is 5. The van der Waals surface area contributed by atoms with Crippen molar-refractivity contribution in [1.82, 2.24) is 10.3 Å². The smallest absolute Gasteiger partial charge is 0.251 e. The van der Waals surface area contributed by atoms with E-state index in [1.165, 1.54) is 0 Å². The molecule has 2 rings (SSSR count). The van der Waals surface area contributed by atoms with Crippen LogP contribution in [0.25, 0.3) is 0 Å². The molecular formula is C21H27N3O3. The number of nitrogens with zero attached hydrogens (tertiary/aromatic N) is 1. The second-order valence-electron chi connectivity index (χ2n) is 7.17. The third kappa shape index (κ3) is 5.62. The third-order valence-corrected chi connectivity index (χ3v) is 4.02. The predicted molar refractivity (Wildman–Crippen MR) is 106 cm³/mol. The molecular weight excluding hydrogens is 342 g/mol. The number of amides is 1. The molecule has 1 amide bonds. The van der Waals surface area contributed by atoms with E-state index in [0.717, 1.165) is 11.1 Å². The molecule has 0 fully saturated rings. The van der Waals surface area contributed by atoms with Gasteiger partial charge in [-0.05, 0) is 51.5 Å². The van der Waals surface area contributed by atoms with Crippen LogP contribution in [0.15, 0.2) is 36.5 Å². The SMILES string of the molecule is COCc1cc(C(=O)NC(C)(C)COc2cccc(C)c2C(C)=N)ccn1. The summed E-state index contributed by atoms with van der Waals surface area (Å²) in [6.07, 6.45) is 1.60. The lowest BCUT2D eigenvalue weighted by molar-refractivity contribution is 0.0880. The van der Waals surface area contributed by atoms with Crippen molar-refractivity contribution in [1.29, 1.82) is 5.41 Å². The summed E-state index contributed by atoms with van der Waals surface area (Å²) >= 11 is 0. The number of pyridine rings is 1. The first kappa shape index (κ1) is 20.6. The number of carbonyl (C=O) groups is 1. The molecule has 0 saturated heterocycles. The average molecular weight is 369 g/mol. The van der Waals surface area contributed by atoms with Crippen molar-refractivity contribution in [2.75, 3.05) is 13.7 Å². The van der Waals surface area contributed by atoms with Crippen LogP contribution in [0.5, 0.6) is 5.75 Å². The normalized spacial score (nSPS) is 11.1. The van der Waals surface area contributed by atoms with Crippen molar-refractivity contribution in [2.45, 2.75) is 39.8 Å². The molecule has 144 valence electrons. The minimum atomic E-state index is -0.598. The molecule has 1 heterocycles. The molecule has 0 bridgehead atoms. The lowest BCUT2D eigenvalue weighted by atomic mass is 10.0. The van der Waals surface area contributed by atoms with Gasteiger partial charge in [0.2, 0.25) is 0 Å². The van der Waals surface area contributed by atoms with Gasteiger partial charge in [-0.3, -0.25) is 9.78 Å². The van der Waals surface area contributed by atoms with Gasteiger partial charge in [0.25, 0.3) is 5.91 Å². The van der Waals surface area contributed by atoms with Crippen LogP contribution < -0.4 is 10.1 Å². The van der Waals surface area contributed by atoms with Crippen molar-refractivity contribution in [3.63, 3.8) is 0 Å². The van der Waals surface area contributed by atoms with Crippen molar-refractivity contribution >= 4 is 11.6 Å². The highest BCUT2D eigenvalue weighted by molar-refractivity contribution is 6.00. The first-order chi connectivity index (χ1) is 12.7. The van der Waals surface area contributed by atoms with Crippen LogP contribution in [-0.2, 0) is 11.3 Å². The molecule has 0 spiro atoms.